The molecule has 0 radical (unpaired) electrons. The van der Waals surface area contributed by atoms with Crippen molar-refractivity contribution in [2.24, 2.45) is 5.73 Å². The standard InChI is InChI=1S/C22H26N6O2/c23-16-6-8-28(14-16)19-13-15-5-7-24-22(29)20(15)21(26-19)25-17-1-3-18(4-2-17)27-9-11-30-12-10-27/h1-5,7,13,16H,6,8-12,14,23H2,(H,24,29)(H,25,26)/t16-/m1/s1. The first-order chi connectivity index (χ1) is 14.7. The number of hydrogen-bond donors (Lipinski definition) is 3. The SMILES string of the molecule is N[C@@H]1CCN(c2cc3cc[nH]c(=O)c3c(Nc3ccc(N4CCOCC4)cc3)n2)C1. The minimum Gasteiger partial charge on any atom is -0.378 e. The summed E-state index contributed by atoms with van der Waals surface area (Å²) in [7, 11) is 0. The molecule has 2 saturated heterocycles. The summed E-state index contributed by atoms with van der Waals surface area (Å²) in [5, 5.41) is 4.78. The zero-order valence-electron chi connectivity index (χ0n) is 16.8. The molecule has 2 aromatic heterocycles. The van der Waals surface area contributed by atoms with Crippen molar-refractivity contribution in [2.75, 3.05) is 54.5 Å². The number of morpholine rings is 1. The largest absolute Gasteiger partial charge is 0.378 e. The third-order valence-electron chi connectivity index (χ3n) is 5.80. The number of nitrogens with two attached hydrogens (primary N) is 1. The predicted molar refractivity (Wildman–Crippen MR) is 120 cm³/mol. The Balaban J connectivity index is 1.47. The van der Waals surface area contributed by atoms with Crippen LogP contribution < -0.4 is 26.4 Å². The molecule has 30 heavy (non-hydrogen) atoms. The lowest BCUT2D eigenvalue weighted by atomic mass is 10.2. The Bertz CT molecular complexity index is 1090. The summed E-state index contributed by atoms with van der Waals surface area (Å²) in [6, 6.07) is 12.2. The van der Waals surface area contributed by atoms with Crippen LogP contribution in [0, 0.1) is 0 Å². The third kappa shape index (κ3) is 3.71. The second-order valence-corrected chi connectivity index (χ2v) is 7.87. The molecular weight excluding hydrogens is 380 g/mol. The van der Waals surface area contributed by atoms with Crippen molar-refractivity contribution in [3.63, 3.8) is 0 Å². The van der Waals surface area contributed by atoms with Crippen molar-refractivity contribution in [1.29, 1.82) is 0 Å². The first kappa shape index (κ1) is 18.9. The van der Waals surface area contributed by atoms with Gasteiger partial charge in [-0.3, -0.25) is 4.79 Å². The summed E-state index contributed by atoms with van der Waals surface area (Å²) in [6.07, 6.45) is 2.62. The third-order valence-corrected chi connectivity index (χ3v) is 5.80. The number of ether oxygens (including phenoxy) is 1. The highest BCUT2D eigenvalue weighted by Gasteiger charge is 2.22. The van der Waals surface area contributed by atoms with Crippen LogP contribution in [0.2, 0.25) is 0 Å². The van der Waals surface area contributed by atoms with Gasteiger partial charge in [0.2, 0.25) is 0 Å². The highest BCUT2D eigenvalue weighted by Crippen LogP contribution is 2.29. The fraction of sp³-hybridized carbons (Fsp3) is 0.364. The lowest BCUT2D eigenvalue weighted by Gasteiger charge is -2.29. The first-order valence-corrected chi connectivity index (χ1v) is 10.4. The summed E-state index contributed by atoms with van der Waals surface area (Å²) in [6.45, 7) is 4.95. The average molecular weight is 406 g/mol. The number of nitrogens with zero attached hydrogens (tertiary/aromatic N) is 3. The normalized spacial score (nSPS) is 19.4. The number of rotatable bonds is 4. The summed E-state index contributed by atoms with van der Waals surface area (Å²) in [4.78, 5) is 24.6. The van der Waals surface area contributed by atoms with Crippen molar-refractivity contribution in [3.8, 4) is 0 Å². The lowest BCUT2D eigenvalue weighted by molar-refractivity contribution is 0.122. The number of benzene rings is 1. The zero-order chi connectivity index (χ0) is 20.5. The molecule has 0 unspecified atom stereocenters. The highest BCUT2D eigenvalue weighted by atomic mass is 16.5. The molecule has 8 heteroatoms. The Labute approximate surface area is 174 Å². The van der Waals surface area contributed by atoms with E-state index in [-0.39, 0.29) is 11.6 Å². The fourth-order valence-corrected chi connectivity index (χ4v) is 4.16. The van der Waals surface area contributed by atoms with Gasteiger partial charge in [0, 0.05) is 49.8 Å². The zero-order valence-corrected chi connectivity index (χ0v) is 16.8. The molecule has 2 aliphatic rings. The van der Waals surface area contributed by atoms with Crippen LogP contribution in [0.4, 0.5) is 23.0 Å². The van der Waals surface area contributed by atoms with Crippen LogP contribution in [0.15, 0.2) is 47.4 Å². The molecule has 4 N–H and O–H groups in total. The fourth-order valence-electron chi connectivity index (χ4n) is 4.16. The Morgan fingerprint density at radius 2 is 1.90 bits per heavy atom. The molecule has 0 amide bonds. The van der Waals surface area contributed by atoms with Gasteiger partial charge in [-0.15, -0.1) is 0 Å². The minimum absolute atomic E-state index is 0.155. The van der Waals surface area contributed by atoms with E-state index in [9.17, 15) is 4.79 Å². The molecule has 4 heterocycles. The second kappa shape index (κ2) is 7.97. The van der Waals surface area contributed by atoms with Crippen molar-refractivity contribution >= 4 is 33.8 Å². The number of hydrogen-bond acceptors (Lipinski definition) is 7. The van der Waals surface area contributed by atoms with Gasteiger partial charge in [0.15, 0.2) is 0 Å². The maximum absolute atomic E-state index is 12.5. The van der Waals surface area contributed by atoms with Crippen LogP contribution in [0.5, 0.6) is 0 Å². The molecular formula is C22H26N6O2. The lowest BCUT2D eigenvalue weighted by Crippen LogP contribution is -2.36. The van der Waals surface area contributed by atoms with E-state index in [2.05, 4.69) is 32.2 Å². The maximum atomic E-state index is 12.5. The maximum Gasteiger partial charge on any atom is 0.259 e. The van der Waals surface area contributed by atoms with Crippen LogP contribution in [0.1, 0.15) is 6.42 Å². The number of pyridine rings is 2. The van der Waals surface area contributed by atoms with Crippen LogP contribution in [0.25, 0.3) is 10.8 Å². The molecule has 156 valence electrons. The summed E-state index contributed by atoms with van der Waals surface area (Å²) in [5.41, 5.74) is 7.98. The Kier molecular flexibility index (Phi) is 5.02. The van der Waals surface area contributed by atoms with E-state index in [1.54, 1.807) is 6.20 Å². The van der Waals surface area contributed by atoms with Crippen LogP contribution in [-0.2, 0) is 4.74 Å². The Morgan fingerprint density at radius 3 is 2.63 bits per heavy atom. The molecule has 0 saturated carbocycles. The Hall–Kier alpha value is -3.10. The predicted octanol–water partition coefficient (Wildman–Crippen LogP) is 2.04. The summed E-state index contributed by atoms with van der Waals surface area (Å²) >= 11 is 0. The topological polar surface area (TPSA) is 99.5 Å². The number of nitrogens with one attached hydrogen (secondary N) is 2. The van der Waals surface area contributed by atoms with Crippen molar-refractivity contribution in [2.45, 2.75) is 12.5 Å². The van der Waals surface area contributed by atoms with Gasteiger partial charge in [-0.05, 0) is 48.2 Å². The molecule has 5 rings (SSSR count). The number of H-pyrrole nitrogens is 1. The number of aromatic amines is 1. The molecule has 1 aromatic carbocycles. The Morgan fingerprint density at radius 1 is 1.10 bits per heavy atom. The van der Waals surface area contributed by atoms with E-state index < -0.39 is 0 Å². The van der Waals surface area contributed by atoms with E-state index in [4.69, 9.17) is 15.5 Å². The van der Waals surface area contributed by atoms with Gasteiger partial charge in [0.05, 0.1) is 18.6 Å². The molecule has 3 aromatic rings. The minimum atomic E-state index is -0.155. The quantitative estimate of drug-likeness (QED) is 0.610. The van der Waals surface area contributed by atoms with E-state index in [1.807, 2.05) is 24.3 Å². The van der Waals surface area contributed by atoms with Crippen LogP contribution >= 0.6 is 0 Å². The summed E-state index contributed by atoms with van der Waals surface area (Å²) in [5.74, 6) is 1.40. The van der Waals surface area contributed by atoms with Gasteiger partial charge in [-0.25, -0.2) is 4.98 Å². The number of fused-ring (bicyclic) bond motifs is 1. The van der Waals surface area contributed by atoms with E-state index >= 15 is 0 Å². The first-order valence-electron chi connectivity index (χ1n) is 10.4. The van der Waals surface area contributed by atoms with Gasteiger partial charge in [-0.1, -0.05) is 0 Å². The molecule has 0 aliphatic carbocycles. The van der Waals surface area contributed by atoms with Gasteiger partial charge in [-0.2, -0.15) is 0 Å². The molecule has 2 aliphatic heterocycles. The molecule has 0 bridgehead atoms. The van der Waals surface area contributed by atoms with Crippen molar-refractivity contribution in [3.05, 3.63) is 52.9 Å². The van der Waals surface area contributed by atoms with Crippen LogP contribution in [0.3, 0.4) is 0 Å². The monoisotopic (exact) mass is 406 g/mol. The van der Waals surface area contributed by atoms with Gasteiger partial charge in [0.1, 0.15) is 11.6 Å². The van der Waals surface area contributed by atoms with E-state index in [0.29, 0.717) is 11.2 Å². The van der Waals surface area contributed by atoms with Crippen LogP contribution in [-0.4, -0.2) is 55.4 Å². The van der Waals surface area contributed by atoms with Gasteiger partial charge >= 0.3 is 0 Å². The van der Waals surface area contributed by atoms with Gasteiger partial charge < -0.3 is 30.6 Å². The van der Waals surface area contributed by atoms with E-state index in [0.717, 1.165) is 62.7 Å². The number of aromatic nitrogens is 2. The molecule has 1 atom stereocenters. The average Bonchev–Trinajstić information content (AvgIpc) is 3.21. The smallest absolute Gasteiger partial charge is 0.259 e. The molecule has 0 spiro atoms. The molecule has 2 fully saturated rings. The van der Waals surface area contributed by atoms with Crippen molar-refractivity contribution < 1.29 is 4.74 Å². The highest BCUT2D eigenvalue weighted by molar-refractivity contribution is 5.94. The van der Waals surface area contributed by atoms with E-state index in [1.165, 1.54) is 5.69 Å². The van der Waals surface area contributed by atoms with Crippen molar-refractivity contribution in [1.82, 2.24) is 9.97 Å². The summed E-state index contributed by atoms with van der Waals surface area (Å²) < 4.78 is 5.43. The second-order valence-electron chi connectivity index (χ2n) is 7.87. The number of anilines is 4. The van der Waals surface area contributed by atoms with Gasteiger partial charge in [0.25, 0.3) is 5.56 Å². The molecule has 8 nitrogen and oxygen atoms in total.